The molecule has 1 aromatic rings. The molecule has 3 N–H and O–H groups in total. The van der Waals surface area contributed by atoms with Crippen molar-refractivity contribution in [2.75, 3.05) is 18.4 Å². The second kappa shape index (κ2) is 8.32. The van der Waals surface area contributed by atoms with Gasteiger partial charge in [0.25, 0.3) is 5.91 Å². The third-order valence-corrected chi connectivity index (χ3v) is 2.67. The number of rotatable bonds is 7. The average molecular weight is 277 g/mol. The zero-order chi connectivity index (χ0) is 15.0. The van der Waals surface area contributed by atoms with Crippen LogP contribution in [-0.4, -0.2) is 30.9 Å². The molecule has 0 spiro atoms. The van der Waals surface area contributed by atoms with Gasteiger partial charge in [-0.2, -0.15) is 0 Å². The van der Waals surface area contributed by atoms with Crippen molar-refractivity contribution >= 4 is 17.5 Å². The maximum atomic E-state index is 11.7. The minimum Gasteiger partial charge on any atom is -0.352 e. The van der Waals surface area contributed by atoms with Gasteiger partial charge in [0.2, 0.25) is 5.91 Å². The summed E-state index contributed by atoms with van der Waals surface area (Å²) in [4.78, 5) is 23.3. The summed E-state index contributed by atoms with van der Waals surface area (Å²) in [6.45, 7) is 7.20. The maximum absolute atomic E-state index is 11.7. The Bertz CT molecular complexity index is 441. The van der Waals surface area contributed by atoms with Crippen molar-refractivity contribution in [1.29, 1.82) is 0 Å². The van der Waals surface area contributed by atoms with E-state index >= 15 is 0 Å². The van der Waals surface area contributed by atoms with E-state index in [0.717, 1.165) is 0 Å². The van der Waals surface area contributed by atoms with Gasteiger partial charge in [-0.15, -0.1) is 0 Å². The smallest absolute Gasteiger partial charge is 0.251 e. The highest BCUT2D eigenvalue weighted by Gasteiger charge is 2.05. The third kappa shape index (κ3) is 5.84. The van der Waals surface area contributed by atoms with E-state index in [2.05, 4.69) is 16.0 Å². The van der Waals surface area contributed by atoms with Crippen LogP contribution in [0, 0.1) is 0 Å². The fourth-order valence-corrected chi connectivity index (χ4v) is 1.67. The molecule has 0 atom stereocenters. The molecule has 5 nitrogen and oxygen atoms in total. The molecular formula is C15H23N3O2. The Morgan fingerprint density at radius 2 is 1.80 bits per heavy atom. The normalized spacial score (nSPS) is 10.4. The van der Waals surface area contributed by atoms with E-state index in [0.29, 0.717) is 36.8 Å². The van der Waals surface area contributed by atoms with E-state index in [-0.39, 0.29) is 11.8 Å². The Balaban J connectivity index is 2.44. The van der Waals surface area contributed by atoms with Crippen molar-refractivity contribution < 1.29 is 9.59 Å². The summed E-state index contributed by atoms with van der Waals surface area (Å²) in [6.07, 6.45) is 0.427. The largest absolute Gasteiger partial charge is 0.352 e. The number of hydrogen-bond donors (Lipinski definition) is 3. The molecule has 5 heteroatoms. The SMILES string of the molecule is CCNC(=O)c1ccc(NC(=O)CCNC(C)C)cc1. The van der Waals surface area contributed by atoms with Gasteiger partial charge in [-0.1, -0.05) is 13.8 Å². The summed E-state index contributed by atoms with van der Waals surface area (Å²) in [5, 5.41) is 8.72. The molecule has 2 amide bonds. The molecule has 0 unspecified atom stereocenters. The Hall–Kier alpha value is -1.88. The number of amides is 2. The van der Waals surface area contributed by atoms with Gasteiger partial charge in [-0.05, 0) is 31.2 Å². The Morgan fingerprint density at radius 3 is 2.35 bits per heavy atom. The Kier molecular flexibility index (Phi) is 6.73. The molecule has 1 rings (SSSR count). The molecule has 0 aliphatic heterocycles. The van der Waals surface area contributed by atoms with Gasteiger partial charge < -0.3 is 16.0 Å². The lowest BCUT2D eigenvalue weighted by Crippen LogP contribution is -2.27. The first kappa shape index (κ1) is 16.2. The van der Waals surface area contributed by atoms with Crippen LogP contribution in [0.25, 0.3) is 0 Å². The van der Waals surface area contributed by atoms with Gasteiger partial charge in [-0.25, -0.2) is 0 Å². The van der Waals surface area contributed by atoms with Crippen LogP contribution < -0.4 is 16.0 Å². The molecule has 110 valence electrons. The second-order valence-electron chi connectivity index (χ2n) is 4.84. The van der Waals surface area contributed by atoms with E-state index in [9.17, 15) is 9.59 Å². The molecule has 0 bridgehead atoms. The predicted molar refractivity (Wildman–Crippen MR) is 80.8 cm³/mol. The Morgan fingerprint density at radius 1 is 1.15 bits per heavy atom. The quantitative estimate of drug-likeness (QED) is 0.711. The summed E-state index contributed by atoms with van der Waals surface area (Å²) >= 11 is 0. The average Bonchev–Trinajstić information content (AvgIpc) is 2.39. The first-order valence-electron chi connectivity index (χ1n) is 6.94. The zero-order valence-corrected chi connectivity index (χ0v) is 12.3. The monoisotopic (exact) mass is 277 g/mol. The molecule has 0 aliphatic rings. The summed E-state index contributed by atoms with van der Waals surface area (Å²) in [6, 6.07) is 7.25. The van der Waals surface area contributed by atoms with Crippen LogP contribution >= 0.6 is 0 Å². The molecular weight excluding hydrogens is 254 g/mol. The fraction of sp³-hybridized carbons (Fsp3) is 0.467. The minimum atomic E-state index is -0.105. The van der Waals surface area contributed by atoms with Gasteiger partial charge in [0.05, 0.1) is 0 Å². The van der Waals surface area contributed by atoms with E-state index < -0.39 is 0 Å². The van der Waals surface area contributed by atoms with E-state index in [4.69, 9.17) is 0 Å². The van der Waals surface area contributed by atoms with Crippen molar-refractivity contribution in [3.63, 3.8) is 0 Å². The van der Waals surface area contributed by atoms with Crippen LogP contribution in [0.4, 0.5) is 5.69 Å². The molecule has 0 saturated carbocycles. The van der Waals surface area contributed by atoms with Crippen molar-refractivity contribution in [3.8, 4) is 0 Å². The van der Waals surface area contributed by atoms with Gasteiger partial charge >= 0.3 is 0 Å². The number of carbonyl (C=O) groups is 2. The summed E-state index contributed by atoms with van der Waals surface area (Å²) in [5.41, 5.74) is 1.29. The van der Waals surface area contributed by atoms with E-state index in [1.165, 1.54) is 0 Å². The maximum Gasteiger partial charge on any atom is 0.251 e. The third-order valence-electron chi connectivity index (χ3n) is 2.67. The van der Waals surface area contributed by atoms with E-state index in [1.54, 1.807) is 24.3 Å². The molecule has 0 aromatic heterocycles. The molecule has 0 aliphatic carbocycles. The van der Waals surface area contributed by atoms with Crippen LogP contribution in [0.15, 0.2) is 24.3 Å². The first-order valence-corrected chi connectivity index (χ1v) is 6.94. The van der Waals surface area contributed by atoms with Crippen LogP contribution in [0.3, 0.4) is 0 Å². The van der Waals surface area contributed by atoms with Gasteiger partial charge in [-0.3, -0.25) is 9.59 Å². The summed E-state index contributed by atoms with van der Waals surface area (Å²) in [5.74, 6) is -0.143. The van der Waals surface area contributed by atoms with Gasteiger partial charge in [0, 0.05) is 36.8 Å². The lowest BCUT2D eigenvalue weighted by atomic mass is 10.2. The standard InChI is InChI=1S/C15H23N3O2/c1-4-16-15(20)12-5-7-13(8-6-12)18-14(19)9-10-17-11(2)3/h5-8,11,17H,4,9-10H2,1-3H3,(H,16,20)(H,18,19). The molecule has 0 saturated heterocycles. The number of anilines is 1. The van der Waals surface area contributed by atoms with Crippen LogP contribution in [0.1, 0.15) is 37.6 Å². The molecule has 0 heterocycles. The Labute approximate surface area is 120 Å². The highest BCUT2D eigenvalue weighted by Crippen LogP contribution is 2.09. The van der Waals surface area contributed by atoms with Crippen molar-refractivity contribution in [2.45, 2.75) is 33.2 Å². The highest BCUT2D eigenvalue weighted by atomic mass is 16.2. The minimum absolute atomic E-state index is 0.0380. The summed E-state index contributed by atoms with van der Waals surface area (Å²) in [7, 11) is 0. The highest BCUT2D eigenvalue weighted by molar-refractivity contribution is 5.95. The van der Waals surface area contributed by atoms with E-state index in [1.807, 2.05) is 20.8 Å². The lowest BCUT2D eigenvalue weighted by Gasteiger charge is -2.09. The van der Waals surface area contributed by atoms with Crippen LogP contribution in [0.5, 0.6) is 0 Å². The number of nitrogens with one attached hydrogen (secondary N) is 3. The van der Waals surface area contributed by atoms with Crippen molar-refractivity contribution in [1.82, 2.24) is 10.6 Å². The molecule has 0 fully saturated rings. The van der Waals surface area contributed by atoms with Crippen LogP contribution in [0.2, 0.25) is 0 Å². The first-order chi connectivity index (χ1) is 9.52. The van der Waals surface area contributed by atoms with Crippen LogP contribution in [-0.2, 0) is 4.79 Å². The second-order valence-corrected chi connectivity index (χ2v) is 4.84. The molecule has 1 aromatic carbocycles. The zero-order valence-electron chi connectivity index (χ0n) is 12.3. The number of benzene rings is 1. The summed E-state index contributed by atoms with van der Waals surface area (Å²) < 4.78 is 0. The topological polar surface area (TPSA) is 70.2 Å². The van der Waals surface area contributed by atoms with Crippen molar-refractivity contribution in [3.05, 3.63) is 29.8 Å². The van der Waals surface area contributed by atoms with Gasteiger partial charge in [0.1, 0.15) is 0 Å². The lowest BCUT2D eigenvalue weighted by molar-refractivity contribution is -0.116. The molecule has 20 heavy (non-hydrogen) atoms. The number of hydrogen-bond acceptors (Lipinski definition) is 3. The molecule has 0 radical (unpaired) electrons. The predicted octanol–water partition coefficient (Wildman–Crippen LogP) is 1.76. The van der Waals surface area contributed by atoms with Crippen molar-refractivity contribution in [2.24, 2.45) is 0 Å². The van der Waals surface area contributed by atoms with Gasteiger partial charge in [0.15, 0.2) is 0 Å². The fourth-order valence-electron chi connectivity index (χ4n) is 1.67. The number of carbonyl (C=O) groups excluding carboxylic acids is 2.